The van der Waals surface area contributed by atoms with Crippen LogP contribution in [-0.2, 0) is 17.7 Å². The third kappa shape index (κ3) is 5.14. The van der Waals surface area contributed by atoms with Gasteiger partial charge in [0.15, 0.2) is 0 Å². The number of aromatic nitrogens is 2. The number of rotatable bonds is 4. The van der Waals surface area contributed by atoms with E-state index in [0.717, 1.165) is 47.1 Å². The molecule has 202 valence electrons. The Hall–Kier alpha value is -3.75. The van der Waals surface area contributed by atoms with E-state index in [9.17, 15) is 9.90 Å². The van der Waals surface area contributed by atoms with Crippen LogP contribution in [0.5, 0.6) is 11.8 Å². The zero-order valence-electron chi connectivity index (χ0n) is 22.8. The van der Waals surface area contributed by atoms with E-state index < -0.39 is 5.60 Å². The summed E-state index contributed by atoms with van der Waals surface area (Å²) in [6.45, 7) is 11.2. The molecule has 1 amide bonds. The Kier molecular flexibility index (Phi) is 6.49. The molecule has 2 aromatic carbocycles. The molecule has 0 unspecified atom stereocenters. The molecular formula is C29H37N5O4. The maximum atomic E-state index is 13.0. The van der Waals surface area contributed by atoms with Gasteiger partial charge in [-0.2, -0.15) is 9.97 Å². The number of nitrogens with zero attached hydrogens (tertiary/aromatic N) is 4. The molecule has 1 fully saturated rings. The number of phenols is 1. The summed E-state index contributed by atoms with van der Waals surface area (Å²) in [6.07, 6.45) is 1.99. The third-order valence-electron chi connectivity index (χ3n) is 7.34. The zero-order chi connectivity index (χ0) is 27.2. The quantitative estimate of drug-likeness (QED) is 0.493. The first-order valence-corrected chi connectivity index (χ1v) is 13.2. The molecule has 0 spiro atoms. The van der Waals surface area contributed by atoms with Crippen LogP contribution in [0.4, 0.5) is 16.3 Å². The number of likely N-dealkylation sites (tertiary alicyclic amines) is 1. The van der Waals surface area contributed by atoms with E-state index in [2.05, 4.69) is 16.0 Å². The number of nitrogen functional groups attached to an aromatic ring is 1. The molecule has 38 heavy (non-hydrogen) atoms. The summed E-state index contributed by atoms with van der Waals surface area (Å²) >= 11 is 0. The fraction of sp³-hybridized carbons (Fsp3) is 0.483. The summed E-state index contributed by atoms with van der Waals surface area (Å²) in [7, 11) is 0. The Morgan fingerprint density at radius 3 is 2.74 bits per heavy atom. The van der Waals surface area contributed by atoms with Crippen molar-refractivity contribution in [1.82, 2.24) is 14.9 Å². The van der Waals surface area contributed by atoms with Crippen molar-refractivity contribution in [2.24, 2.45) is 0 Å². The van der Waals surface area contributed by atoms with Gasteiger partial charge in [0.2, 0.25) is 0 Å². The molecular weight excluding hydrogens is 482 g/mol. The van der Waals surface area contributed by atoms with Crippen molar-refractivity contribution in [3.8, 4) is 11.8 Å². The lowest BCUT2D eigenvalue weighted by molar-refractivity contribution is -0.00143. The van der Waals surface area contributed by atoms with Crippen LogP contribution >= 0.6 is 0 Å². The van der Waals surface area contributed by atoms with Crippen LogP contribution in [0.3, 0.4) is 0 Å². The van der Waals surface area contributed by atoms with Gasteiger partial charge in [0.1, 0.15) is 23.8 Å². The van der Waals surface area contributed by atoms with Gasteiger partial charge in [0.25, 0.3) is 0 Å². The minimum Gasteiger partial charge on any atom is -0.508 e. The highest BCUT2D eigenvalue weighted by Crippen LogP contribution is 2.37. The van der Waals surface area contributed by atoms with Gasteiger partial charge in [0.05, 0.1) is 18.3 Å². The lowest BCUT2D eigenvalue weighted by Gasteiger charge is -2.36. The van der Waals surface area contributed by atoms with Gasteiger partial charge >= 0.3 is 12.1 Å². The number of ether oxygens (including phenoxy) is 2. The van der Waals surface area contributed by atoms with Gasteiger partial charge in [-0.15, -0.1) is 0 Å². The zero-order valence-corrected chi connectivity index (χ0v) is 22.8. The fourth-order valence-electron chi connectivity index (χ4n) is 5.54. The second-order valence-corrected chi connectivity index (χ2v) is 11.8. The van der Waals surface area contributed by atoms with Crippen molar-refractivity contribution in [2.45, 2.75) is 77.6 Å². The summed E-state index contributed by atoms with van der Waals surface area (Å²) in [6, 6.07) is 11.6. The summed E-state index contributed by atoms with van der Waals surface area (Å²) in [4.78, 5) is 26.1. The number of hydrogen-bond donors (Lipinski definition) is 2. The summed E-state index contributed by atoms with van der Waals surface area (Å²) < 4.78 is 11.7. The van der Waals surface area contributed by atoms with E-state index in [0.29, 0.717) is 18.8 Å². The molecule has 2 aliphatic heterocycles. The topological polar surface area (TPSA) is 114 Å². The number of carbonyl (C=O) groups is 1. The maximum Gasteiger partial charge on any atom is 0.411 e. The molecule has 0 radical (unpaired) electrons. The molecule has 3 aromatic rings. The van der Waals surface area contributed by atoms with Crippen LogP contribution < -0.4 is 15.4 Å². The molecule has 2 aliphatic rings. The van der Waals surface area contributed by atoms with Crippen LogP contribution in [-0.4, -0.2) is 56.4 Å². The number of fused-ring (bicyclic) bond motifs is 2. The number of amides is 1. The SMILES string of the molecule is CC(C)(C)OC(=O)N1[C@@H](COc2nc(N)c3c(n2)CN(c2cc(O)cc4ccccc24)CC3)CCC1(C)C. The van der Waals surface area contributed by atoms with Crippen molar-refractivity contribution in [2.75, 3.05) is 23.8 Å². The summed E-state index contributed by atoms with van der Waals surface area (Å²) in [5.74, 6) is 0.644. The average molecular weight is 520 g/mol. The van der Waals surface area contributed by atoms with Gasteiger partial charge in [0, 0.05) is 34.8 Å². The van der Waals surface area contributed by atoms with Gasteiger partial charge < -0.3 is 25.2 Å². The second-order valence-electron chi connectivity index (χ2n) is 11.8. The normalized spacial score (nSPS) is 18.9. The molecule has 1 saturated heterocycles. The van der Waals surface area contributed by atoms with Crippen molar-refractivity contribution < 1.29 is 19.4 Å². The molecule has 3 N–H and O–H groups in total. The van der Waals surface area contributed by atoms with Crippen LogP contribution in [0, 0.1) is 0 Å². The minimum absolute atomic E-state index is 0.157. The molecule has 9 heteroatoms. The number of anilines is 2. The Bertz CT molecular complexity index is 1370. The van der Waals surface area contributed by atoms with E-state index in [4.69, 9.17) is 20.2 Å². The number of carbonyl (C=O) groups excluding carboxylic acids is 1. The highest BCUT2D eigenvalue weighted by Gasteiger charge is 2.44. The van der Waals surface area contributed by atoms with E-state index in [1.54, 1.807) is 17.0 Å². The fourth-order valence-corrected chi connectivity index (χ4v) is 5.54. The first kappa shape index (κ1) is 25.9. The van der Waals surface area contributed by atoms with Gasteiger partial charge in [-0.3, -0.25) is 4.90 Å². The molecule has 0 saturated carbocycles. The first-order valence-electron chi connectivity index (χ1n) is 13.2. The summed E-state index contributed by atoms with van der Waals surface area (Å²) in [5, 5.41) is 12.4. The highest BCUT2D eigenvalue weighted by molar-refractivity contribution is 5.95. The molecule has 3 heterocycles. The van der Waals surface area contributed by atoms with Crippen molar-refractivity contribution in [3.63, 3.8) is 0 Å². The van der Waals surface area contributed by atoms with Gasteiger partial charge in [-0.05, 0) is 65.3 Å². The minimum atomic E-state index is -0.579. The molecule has 5 rings (SSSR count). The van der Waals surface area contributed by atoms with Crippen LogP contribution in [0.25, 0.3) is 10.8 Å². The van der Waals surface area contributed by atoms with E-state index in [-0.39, 0.29) is 36.0 Å². The predicted octanol–water partition coefficient (Wildman–Crippen LogP) is 5.04. The first-order chi connectivity index (χ1) is 17.9. The van der Waals surface area contributed by atoms with Crippen LogP contribution in [0.1, 0.15) is 58.7 Å². The molecule has 0 bridgehead atoms. The maximum absolute atomic E-state index is 13.0. The largest absolute Gasteiger partial charge is 0.508 e. The molecule has 0 aliphatic carbocycles. The van der Waals surface area contributed by atoms with Crippen LogP contribution in [0.2, 0.25) is 0 Å². The number of aromatic hydroxyl groups is 1. The molecule has 1 atom stereocenters. The number of phenolic OH excluding ortho intramolecular Hbond substituents is 1. The van der Waals surface area contributed by atoms with Gasteiger partial charge in [-0.1, -0.05) is 24.3 Å². The smallest absolute Gasteiger partial charge is 0.411 e. The third-order valence-corrected chi connectivity index (χ3v) is 7.34. The highest BCUT2D eigenvalue weighted by atomic mass is 16.6. The van der Waals surface area contributed by atoms with Gasteiger partial charge in [-0.25, -0.2) is 4.79 Å². The predicted molar refractivity (Wildman–Crippen MR) is 147 cm³/mol. The Morgan fingerprint density at radius 1 is 1.21 bits per heavy atom. The van der Waals surface area contributed by atoms with E-state index >= 15 is 0 Å². The Balaban J connectivity index is 1.35. The van der Waals surface area contributed by atoms with Crippen molar-refractivity contribution in [1.29, 1.82) is 0 Å². The van der Waals surface area contributed by atoms with E-state index in [1.165, 1.54) is 0 Å². The summed E-state index contributed by atoms with van der Waals surface area (Å²) in [5.41, 5.74) is 8.11. The Morgan fingerprint density at radius 2 is 1.97 bits per heavy atom. The van der Waals surface area contributed by atoms with Crippen LogP contribution in [0.15, 0.2) is 36.4 Å². The van der Waals surface area contributed by atoms with Crippen molar-refractivity contribution in [3.05, 3.63) is 47.7 Å². The standard InChI is InChI=1S/C29H37N5O4/c1-28(2,3)38-27(36)34-19(10-12-29(34,4)5)17-37-26-31-23-16-33(13-11-22(23)25(30)32-26)24-15-20(35)14-18-8-6-7-9-21(18)24/h6-9,14-15,19,35H,10-13,16-17H2,1-5H3,(H2,30,31,32)/t19-/m1/s1. The second kappa shape index (κ2) is 9.53. The number of hydrogen-bond acceptors (Lipinski definition) is 8. The molecule has 9 nitrogen and oxygen atoms in total. The monoisotopic (exact) mass is 519 g/mol. The lowest BCUT2D eigenvalue weighted by atomic mass is 10.0. The number of benzene rings is 2. The molecule has 1 aromatic heterocycles. The lowest BCUT2D eigenvalue weighted by Crippen LogP contribution is -2.50. The number of nitrogens with two attached hydrogens (primary N) is 1. The average Bonchev–Trinajstić information content (AvgIpc) is 3.14. The Labute approximate surface area is 223 Å². The van der Waals surface area contributed by atoms with E-state index in [1.807, 2.05) is 52.8 Å². The van der Waals surface area contributed by atoms with Crippen molar-refractivity contribution >= 4 is 28.4 Å².